The molecule has 180 valence electrons. The number of aliphatic carboxylic acids is 1. The van der Waals surface area contributed by atoms with Gasteiger partial charge in [-0.2, -0.15) is 0 Å². The van der Waals surface area contributed by atoms with E-state index in [1.165, 1.54) is 0 Å². The zero-order valence-electron chi connectivity index (χ0n) is 20.0. The van der Waals surface area contributed by atoms with E-state index in [2.05, 4.69) is 29.6 Å². The molecular formula is C27H32N2O5. The molecule has 1 heterocycles. The second kappa shape index (κ2) is 9.12. The zero-order chi connectivity index (χ0) is 24.5. The maximum Gasteiger partial charge on any atom is 0.408 e. The van der Waals surface area contributed by atoms with E-state index in [-0.39, 0.29) is 18.4 Å². The Morgan fingerprint density at radius 2 is 1.59 bits per heavy atom. The summed E-state index contributed by atoms with van der Waals surface area (Å²) in [6.45, 7) is 6.13. The number of carbonyl (C=O) groups is 3. The Morgan fingerprint density at radius 1 is 1.06 bits per heavy atom. The van der Waals surface area contributed by atoms with Gasteiger partial charge < -0.3 is 20.1 Å². The lowest BCUT2D eigenvalue weighted by Gasteiger charge is -2.40. The van der Waals surface area contributed by atoms with Gasteiger partial charge in [0, 0.05) is 19.0 Å². The number of nitrogens with one attached hydrogen (secondary N) is 1. The second-order valence-corrected chi connectivity index (χ2v) is 9.79. The van der Waals surface area contributed by atoms with Crippen LogP contribution in [0, 0.1) is 5.41 Å². The largest absolute Gasteiger partial charge is 0.481 e. The van der Waals surface area contributed by atoms with Crippen LogP contribution in [0.2, 0.25) is 0 Å². The average molecular weight is 465 g/mol. The number of carboxylic acids is 1. The van der Waals surface area contributed by atoms with Crippen molar-refractivity contribution in [1.29, 1.82) is 0 Å². The topological polar surface area (TPSA) is 95.9 Å². The van der Waals surface area contributed by atoms with Gasteiger partial charge in [-0.15, -0.1) is 0 Å². The van der Waals surface area contributed by atoms with Gasteiger partial charge in [-0.25, -0.2) is 4.79 Å². The number of alkyl carbamates (subject to hydrolysis) is 1. The van der Waals surface area contributed by atoms with E-state index >= 15 is 0 Å². The minimum atomic E-state index is -1.13. The summed E-state index contributed by atoms with van der Waals surface area (Å²) < 4.78 is 5.64. The van der Waals surface area contributed by atoms with E-state index in [1.54, 1.807) is 18.7 Å². The van der Waals surface area contributed by atoms with Crippen molar-refractivity contribution in [3.63, 3.8) is 0 Å². The van der Waals surface area contributed by atoms with Gasteiger partial charge in [0.25, 0.3) is 0 Å². The van der Waals surface area contributed by atoms with Crippen molar-refractivity contribution in [2.24, 2.45) is 5.41 Å². The van der Waals surface area contributed by atoms with Crippen LogP contribution in [0.4, 0.5) is 4.79 Å². The fourth-order valence-electron chi connectivity index (χ4n) is 4.92. The molecule has 0 aromatic heterocycles. The Labute approximate surface area is 200 Å². The summed E-state index contributed by atoms with van der Waals surface area (Å²) >= 11 is 0. The molecule has 1 atom stereocenters. The van der Waals surface area contributed by atoms with Crippen molar-refractivity contribution in [3.05, 3.63) is 59.7 Å². The molecule has 2 aromatic carbocycles. The molecule has 1 unspecified atom stereocenters. The molecule has 0 bridgehead atoms. The molecule has 2 aromatic rings. The van der Waals surface area contributed by atoms with Gasteiger partial charge in [-0.3, -0.25) is 9.59 Å². The maximum atomic E-state index is 13.3. The Bertz CT molecular complexity index is 1060. The lowest BCUT2D eigenvalue weighted by Crippen LogP contribution is -2.59. The highest BCUT2D eigenvalue weighted by Crippen LogP contribution is 2.44. The number of carbonyl (C=O) groups excluding carboxylic acids is 2. The third-order valence-electron chi connectivity index (χ3n) is 7.57. The third kappa shape index (κ3) is 4.27. The number of nitrogens with zero attached hydrogens (tertiary/aromatic N) is 1. The fourth-order valence-corrected chi connectivity index (χ4v) is 4.92. The number of fused-ring (bicyclic) bond motifs is 3. The van der Waals surface area contributed by atoms with Crippen molar-refractivity contribution in [2.45, 2.75) is 51.5 Å². The van der Waals surface area contributed by atoms with E-state index in [0.717, 1.165) is 22.3 Å². The number of carboxylic acid groups (broad SMARTS) is 1. The summed E-state index contributed by atoms with van der Waals surface area (Å²) in [6, 6.07) is 16.2. The number of ether oxygens (including phenoxy) is 1. The van der Waals surface area contributed by atoms with Crippen molar-refractivity contribution in [2.75, 3.05) is 19.7 Å². The van der Waals surface area contributed by atoms with Crippen LogP contribution in [0.25, 0.3) is 11.1 Å². The van der Waals surface area contributed by atoms with Crippen molar-refractivity contribution in [3.8, 4) is 11.1 Å². The number of likely N-dealkylation sites (tertiary alicyclic amines) is 1. The van der Waals surface area contributed by atoms with Crippen LogP contribution in [0.1, 0.15) is 57.1 Å². The summed E-state index contributed by atoms with van der Waals surface area (Å²) in [5.41, 5.74) is 2.61. The van der Waals surface area contributed by atoms with Gasteiger partial charge in [0.15, 0.2) is 0 Å². The zero-order valence-corrected chi connectivity index (χ0v) is 20.0. The first kappa shape index (κ1) is 23.8. The van der Waals surface area contributed by atoms with E-state index in [1.807, 2.05) is 31.2 Å². The van der Waals surface area contributed by atoms with E-state index in [0.29, 0.717) is 32.4 Å². The number of rotatable bonds is 6. The first-order chi connectivity index (χ1) is 16.2. The van der Waals surface area contributed by atoms with Gasteiger partial charge >= 0.3 is 12.1 Å². The van der Waals surface area contributed by atoms with Gasteiger partial charge in [0.05, 0.1) is 5.41 Å². The van der Waals surface area contributed by atoms with Crippen molar-refractivity contribution in [1.82, 2.24) is 10.2 Å². The molecule has 7 heteroatoms. The molecule has 7 nitrogen and oxygen atoms in total. The fraction of sp³-hybridized carbons (Fsp3) is 0.444. The van der Waals surface area contributed by atoms with Crippen LogP contribution in [0.5, 0.6) is 0 Å². The highest BCUT2D eigenvalue weighted by atomic mass is 16.5. The lowest BCUT2D eigenvalue weighted by atomic mass is 9.80. The molecular weight excluding hydrogens is 432 g/mol. The molecule has 34 heavy (non-hydrogen) atoms. The monoisotopic (exact) mass is 464 g/mol. The standard InChI is InChI=1S/C27H32N2O5/c1-4-27(3,23(30)29-15-13-26(2,14-16-29)24(31)32)28-25(33)34-17-22-20-11-7-5-9-18(20)19-10-6-8-12-21(19)22/h5-12,22H,4,13-17H2,1-3H3,(H,28,33)(H,31,32). The summed E-state index contributed by atoms with van der Waals surface area (Å²) in [4.78, 5) is 39.2. The number of amides is 2. The smallest absolute Gasteiger partial charge is 0.408 e. The molecule has 4 rings (SSSR count). The van der Waals surface area contributed by atoms with Crippen molar-refractivity contribution < 1.29 is 24.2 Å². The predicted molar refractivity (Wildman–Crippen MR) is 128 cm³/mol. The Hall–Kier alpha value is -3.35. The second-order valence-electron chi connectivity index (χ2n) is 9.79. The lowest BCUT2D eigenvalue weighted by molar-refractivity contribution is -0.154. The van der Waals surface area contributed by atoms with Crippen LogP contribution >= 0.6 is 0 Å². The van der Waals surface area contributed by atoms with Crippen LogP contribution in [0.15, 0.2) is 48.5 Å². The molecule has 1 aliphatic carbocycles. The van der Waals surface area contributed by atoms with Crippen LogP contribution in [-0.2, 0) is 14.3 Å². The number of piperidine rings is 1. The average Bonchev–Trinajstić information content (AvgIpc) is 3.16. The Morgan fingerprint density at radius 3 is 2.09 bits per heavy atom. The first-order valence-electron chi connectivity index (χ1n) is 11.8. The van der Waals surface area contributed by atoms with Gasteiger partial charge in [-0.05, 0) is 55.4 Å². The van der Waals surface area contributed by atoms with Crippen LogP contribution in [0.3, 0.4) is 0 Å². The normalized spacial score (nSPS) is 18.4. The number of hydrogen-bond acceptors (Lipinski definition) is 4. The third-order valence-corrected chi connectivity index (χ3v) is 7.57. The molecule has 1 saturated heterocycles. The summed E-state index contributed by atoms with van der Waals surface area (Å²) in [5.74, 6) is -1.11. The summed E-state index contributed by atoms with van der Waals surface area (Å²) in [6.07, 6.45) is 0.535. The van der Waals surface area contributed by atoms with E-state index in [9.17, 15) is 19.5 Å². The quantitative estimate of drug-likeness (QED) is 0.660. The molecule has 0 saturated carbocycles. The molecule has 2 aliphatic rings. The first-order valence-corrected chi connectivity index (χ1v) is 11.8. The Kier molecular flexibility index (Phi) is 6.39. The van der Waals surface area contributed by atoms with Gasteiger partial charge in [0.1, 0.15) is 12.1 Å². The molecule has 2 amide bonds. The Balaban J connectivity index is 1.40. The molecule has 2 N–H and O–H groups in total. The highest BCUT2D eigenvalue weighted by Gasteiger charge is 2.43. The predicted octanol–water partition coefficient (Wildman–Crippen LogP) is 4.41. The van der Waals surface area contributed by atoms with Gasteiger partial charge in [0.2, 0.25) is 5.91 Å². The van der Waals surface area contributed by atoms with E-state index in [4.69, 9.17) is 4.74 Å². The van der Waals surface area contributed by atoms with Crippen LogP contribution < -0.4 is 5.32 Å². The summed E-state index contributed by atoms with van der Waals surface area (Å²) in [5, 5.41) is 12.2. The minimum Gasteiger partial charge on any atom is -0.481 e. The SMILES string of the molecule is CCC(C)(NC(=O)OCC1c2ccccc2-c2ccccc21)C(=O)N1CCC(C)(C(=O)O)CC1. The maximum absolute atomic E-state index is 13.3. The van der Waals surface area contributed by atoms with Crippen LogP contribution in [-0.4, -0.2) is 53.2 Å². The molecule has 0 spiro atoms. The summed E-state index contributed by atoms with van der Waals surface area (Å²) in [7, 11) is 0. The number of hydrogen-bond donors (Lipinski definition) is 2. The minimum absolute atomic E-state index is 0.0578. The van der Waals surface area contributed by atoms with Gasteiger partial charge in [-0.1, -0.05) is 55.5 Å². The molecule has 0 radical (unpaired) electrons. The van der Waals surface area contributed by atoms with E-state index < -0.39 is 23.0 Å². The molecule has 1 aliphatic heterocycles. The van der Waals surface area contributed by atoms with Crippen molar-refractivity contribution >= 4 is 18.0 Å². The highest BCUT2D eigenvalue weighted by molar-refractivity contribution is 5.90. The molecule has 1 fully saturated rings. The number of benzene rings is 2.